The fourth-order valence-corrected chi connectivity index (χ4v) is 6.44. The Hall–Kier alpha value is -4.64. The molecule has 0 radical (unpaired) electrons. The van der Waals surface area contributed by atoms with Crippen LogP contribution in [-0.4, -0.2) is 55.2 Å². The first-order chi connectivity index (χ1) is 19.9. The number of ether oxygens (including phenoxy) is 1. The predicted octanol–water partition coefficient (Wildman–Crippen LogP) is 2.79. The summed E-state index contributed by atoms with van der Waals surface area (Å²) in [6.45, 7) is 2.66. The lowest BCUT2D eigenvalue weighted by Crippen LogP contribution is -2.40. The molecule has 3 aromatic carbocycles. The van der Waals surface area contributed by atoms with E-state index in [4.69, 9.17) is 15.9 Å². The van der Waals surface area contributed by atoms with E-state index in [0.29, 0.717) is 41.6 Å². The van der Waals surface area contributed by atoms with Crippen LogP contribution in [0.2, 0.25) is 0 Å². The number of carbonyl (C=O) groups is 1. The second-order valence-electron chi connectivity index (χ2n) is 10.9. The summed E-state index contributed by atoms with van der Waals surface area (Å²) in [5.41, 5.74) is 6.05. The lowest BCUT2D eigenvalue weighted by molar-refractivity contribution is 0.0953. The van der Waals surface area contributed by atoms with E-state index >= 15 is 4.39 Å². The molecule has 4 aromatic rings. The van der Waals surface area contributed by atoms with Gasteiger partial charge in [0.15, 0.2) is 23.3 Å². The van der Waals surface area contributed by atoms with Crippen molar-refractivity contribution in [2.45, 2.75) is 18.9 Å². The van der Waals surface area contributed by atoms with Crippen molar-refractivity contribution < 1.29 is 13.9 Å². The van der Waals surface area contributed by atoms with Crippen molar-refractivity contribution in [3.63, 3.8) is 0 Å². The molecule has 0 spiro atoms. The molecule has 2 fully saturated rings. The Bertz CT molecular complexity index is 1790. The lowest BCUT2D eigenvalue weighted by atomic mass is 9.94. The zero-order valence-corrected chi connectivity index (χ0v) is 22.3. The number of nitrogens with zero attached hydrogens (tertiary/aromatic N) is 2. The van der Waals surface area contributed by atoms with E-state index < -0.39 is 17.2 Å². The molecule has 0 bridgehead atoms. The van der Waals surface area contributed by atoms with Gasteiger partial charge in [-0.1, -0.05) is 24.3 Å². The van der Waals surface area contributed by atoms with Crippen LogP contribution in [0.15, 0.2) is 53.5 Å². The van der Waals surface area contributed by atoms with Gasteiger partial charge in [0.1, 0.15) is 16.8 Å². The number of nitrogens with two attached hydrogens (primary N) is 1. The number of anilines is 1. The second-order valence-corrected chi connectivity index (χ2v) is 10.9. The molecule has 2 atom stereocenters. The molecule has 3 aliphatic heterocycles. The van der Waals surface area contributed by atoms with Crippen LogP contribution in [-0.2, 0) is 0 Å². The number of benzene rings is 3. The summed E-state index contributed by atoms with van der Waals surface area (Å²) in [7, 11) is 0. The number of piperidine rings is 1. The molecule has 7 rings (SSSR count). The van der Waals surface area contributed by atoms with Crippen LogP contribution in [0.4, 0.5) is 10.1 Å². The normalized spacial score (nSPS) is 19.0. The minimum atomic E-state index is -0.597. The van der Waals surface area contributed by atoms with Crippen LogP contribution in [0.3, 0.4) is 0 Å². The number of halogens is 1. The Morgan fingerprint density at radius 2 is 1.93 bits per heavy atom. The Balaban J connectivity index is 1.40. The van der Waals surface area contributed by atoms with E-state index in [2.05, 4.69) is 16.0 Å². The first-order valence-electron chi connectivity index (χ1n) is 13.9. The molecule has 6 N–H and O–H groups in total. The number of rotatable bonds is 5. The molecule has 4 heterocycles. The predicted molar refractivity (Wildman–Crippen MR) is 156 cm³/mol. The highest BCUT2D eigenvalue weighted by Gasteiger charge is 2.38. The van der Waals surface area contributed by atoms with E-state index in [9.17, 15) is 9.59 Å². The topological polar surface area (TPSA) is 138 Å². The fourth-order valence-electron chi connectivity index (χ4n) is 6.44. The van der Waals surface area contributed by atoms with Crippen LogP contribution in [0.25, 0.3) is 27.4 Å². The van der Waals surface area contributed by atoms with Crippen molar-refractivity contribution >= 4 is 39.2 Å². The molecule has 3 aliphatic rings. The third kappa shape index (κ3) is 4.24. The van der Waals surface area contributed by atoms with Gasteiger partial charge in [0.25, 0.3) is 5.91 Å². The monoisotopic (exact) mass is 555 g/mol. The van der Waals surface area contributed by atoms with Crippen LogP contribution in [0.5, 0.6) is 11.5 Å². The Labute approximate surface area is 234 Å². The Morgan fingerprint density at radius 3 is 2.71 bits per heavy atom. The maximum absolute atomic E-state index is 16.1. The van der Waals surface area contributed by atoms with Crippen LogP contribution >= 0.6 is 0 Å². The number of amides is 1. The van der Waals surface area contributed by atoms with Gasteiger partial charge in [0.05, 0.1) is 11.1 Å². The third-order valence-electron chi connectivity index (χ3n) is 8.36. The highest BCUT2D eigenvalue weighted by molar-refractivity contribution is 6.02. The van der Waals surface area contributed by atoms with Crippen molar-refractivity contribution in [2.75, 3.05) is 37.6 Å². The smallest absolute Gasteiger partial charge is 0.256 e. The number of aromatic nitrogens is 1. The zero-order valence-electron chi connectivity index (χ0n) is 22.3. The minimum absolute atomic E-state index is 0.0734. The average Bonchev–Trinajstić information content (AvgIpc) is 3.39. The summed E-state index contributed by atoms with van der Waals surface area (Å²) in [5, 5.41) is 18.1. The summed E-state index contributed by atoms with van der Waals surface area (Å²) in [4.78, 5) is 28.9. The maximum atomic E-state index is 16.1. The number of pyridine rings is 1. The Morgan fingerprint density at radius 1 is 1.15 bits per heavy atom. The van der Waals surface area contributed by atoms with Gasteiger partial charge < -0.3 is 35.9 Å². The van der Waals surface area contributed by atoms with E-state index in [1.807, 2.05) is 41.3 Å². The highest BCUT2D eigenvalue weighted by atomic mass is 19.1. The summed E-state index contributed by atoms with van der Waals surface area (Å²) >= 11 is 0. The standard InChI is InChI=1S/C30H30FN7O3/c31-21-12-19-25-28(26(21)37-13-18-6-3-7-34-22(18)15-37)41-24-11-17-5-2-1-4-16(17)10-23(24)38(25)14-20(27(19)39)29(40)35-8-9-36-30(32)33/h1-2,4-5,10-12,14,18,22,34H,3,6-9,13,15H2,(H,35,40)(H4,32,33,36). The minimum Gasteiger partial charge on any atom is -0.451 e. The first kappa shape index (κ1) is 25.3. The van der Waals surface area contributed by atoms with Crippen LogP contribution in [0, 0.1) is 17.1 Å². The number of guanidine groups is 1. The van der Waals surface area contributed by atoms with Gasteiger partial charge in [-0.05, 0) is 54.3 Å². The SMILES string of the molecule is N=C(N)NCCNC(=O)c1cn2c3c(c(N4CC5CCCNC5C4)c(F)cc3c1=O)Oc1cc3ccccc3cc1-2. The van der Waals surface area contributed by atoms with Gasteiger partial charge in [0, 0.05) is 38.4 Å². The average molecular weight is 556 g/mol. The van der Waals surface area contributed by atoms with Gasteiger partial charge >= 0.3 is 0 Å². The number of fused-ring (bicyclic) bond motifs is 4. The molecule has 2 saturated heterocycles. The summed E-state index contributed by atoms with van der Waals surface area (Å²) in [5.74, 6) is -0.152. The van der Waals surface area contributed by atoms with Gasteiger partial charge in [-0.2, -0.15) is 0 Å². The number of carbonyl (C=O) groups excluding carboxylic acids is 1. The van der Waals surface area contributed by atoms with Crippen molar-refractivity contribution in [1.29, 1.82) is 5.41 Å². The zero-order chi connectivity index (χ0) is 28.2. The molecule has 210 valence electrons. The van der Waals surface area contributed by atoms with Crippen LogP contribution < -0.4 is 36.7 Å². The van der Waals surface area contributed by atoms with Gasteiger partial charge in [-0.3, -0.25) is 15.0 Å². The van der Waals surface area contributed by atoms with E-state index in [1.165, 1.54) is 12.3 Å². The molecule has 10 nitrogen and oxygen atoms in total. The lowest BCUT2D eigenvalue weighted by Gasteiger charge is -2.29. The van der Waals surface area contributed by atoms with Gasteiger partial charge in [0.2, 0.25) is 5.43 Å². The van der Waals surface area contributed by atoms with Gasteiger partial charge in [-0.15, -0.1) is 0 Å². The number of nitrogens with one attached hydrogen (secondary N) is 4. The first-order valence-corrected chi connectivity index (χ1v) is 13.9. The molecule has 41 heavy (non-hydrogen) atoms. The third-order valence-corrected chi connectivity index (χ3v) is 8.36. The largest absolute Gasteiger partial charge is 0.451 e. The molecular weight excluding hydrogens is 525 g/mol. The highest BCUT2D eigenvalue weighted by Crippen LogP contribution is 2.48. The maximum Gasteiger partial charge on any atom is 0.256 e. The van der Waals surface area contributed by atoms with Crippen molar-refractivity contribution in [2.24, 2.45) is 11.7 Å². The second kappa shape index (κ2) is 9.77. The van der Waals surface area contributed by atoms with E-state index in [1.54, 1.807) is 4.57 Å². The molecule has 1 amide bonds. The number of hydrogen-bond acceptors (Lipinski definition) is 6. The molecular formula is C30H30FN7O3. The molecule has 2 unspecified atom stereocenters. The quantitative estimate of drug-likeness (QED) is 0.128. The van der Waals surface area contributed by atoms with Crippen molar-refractivity contribution in [3.05, 3.63) is 70.3 Å². The van der Waals surface area contributed by atoms with E-state index in [0.717, 1.165) is 30.2 Å². The summed E-state index contributed by atoms with van der Waals surface area (Å²) in [6.07, 6.45) is 3.69. The Kier molecular flexibility index (Phi) is 6.04. The molecule has 0 aliphatic carbocycles. The molecule has 1 aromatic heterocycles. The van der Waals surface area contributed by atoms with Gasteiger partial charge in [-0.25, -0.2) is 4.39 Å². The molecule has 0 saturated carbocycles. The van der Waals surface area contributed by atoms with E-state index in [-0.39, 0.29) is 41.8 Å². The number of hydrogen-bond donors (Lipinski definition) is 5. The molecule has 11 heteroatoms. The van der Waals surface area contributed by atoms with Crippen LogP contribution in [0.1, 0.15) is 23.2 Å². The van der Waals surface area contributed by atoms with Crippen molar-refractivity contribution in [1.82, 2.24) is 20.5 Å². The fraction of sp³-hybridized carbons (Fsp3) is 0.300. The van der Waals surface area contributed by atoms with Crippen molar-refractivity contribution in [3.8, 4) is 17.2 Å². The summed E-state index contributed by atoms with van der Waals surface area (Å²) in [6, 6.07) is 13.2. The summed E-state index contributed by atoms with van der Waals surface area (Å²) < 4.78 is 24.4.